The van der Waals surface area contributed by atoms with Gasteiger partial charge in [-0.3, -0.25) is 9.59 Å². The number of aromatic nitrogens is 2. The van der Waals surface area contributed by atoms with Gasteiger partial charge in [0.25, 0.3) is 5.91 Å². The molecule has 0 fully saturated rings. The lowest BCUT2D eigenvalue weighted by Gasteiger charge is -2.12. The third-order valence-electron chi connectivity index (χ3n) is 3.64. The Kier molecular flexibility index (Phi) is 7.59. The number of benzene rings is 1. The predicted octanol–water partition coefficient (Wildman–Crippen LogP) is 1.91. The molecule has 2 rings (SSSR count). The minimum Gasteiger partial charge on any atom is -0.404 e. The topological polar surface area (TPSA) is 133 Å². The van der Waals surface area contributed by atoms with Gasteiger partial charge >= 0.3 is 6.36 Å². The van der Waals surface area contributed by atoms with Crippen LogP contribution in [0, 0.1) is 0 Å². The van der Waals surface area contributed by atoms with E-state index >= 15 is 0 Å². The zero-order valence-electron chi connectivity index (χ0n) is 15.4. The summed E-state index contributed by atoms with van der Waals surface area (Å²) in [6, 6.07) is 4.00. The van der Waals surface area contributed by atoms with Crippen LogP contribution in [0.25, 0.3) is 5.57 Å². The van der Waals surface area contributed by atoms with Crippen molar-refractivity contribution in [2.75, 3.05) is 6.54 Å². The summed E-state index contributed by atoms with van der Waals surface area (Å²) in [5, 5.41) is 2.28. The van der Waals surface area contributed by atoms with Crippen LogP contribution in [0.3, 0.4) is 0 Å². The van der Waals surface area contributed by atoms with Gasteiger partial charge in [0.2, 0.25) is 5.91 Å². The van der Waals surface area contributed by atoms with Gasteiger partial charge in [0, 0.05) is 38.0 Å². The average molecular weight is 444 g/mol. The third kappa shape index (κ3) is 6.92. The number of hydrogen-bond donors (Lipinski definition) is 3. The van der Waals surface area contributed by atoms with Gasteiger partial charge in [-0.2, -0.15) is 0 Å². The summed E-state index contributed by atoms with van der Waals surface area (Å²) in [5.74, 6) is -1.63. The maximum absolute atomic E-state index is 12.4. The Hall–Kier alpha value is -3.34. The molecule has 0 aliphatic rings. The molecule has 12 heteroatoms. The van der Waals surface area contributed by atoms with E-state index in [-0.39, 0.29) is 35.8 Å². The molecule has 5 N–H and O–H groups in total. The Balaban J connectivity index is 2.09. The molecular weight excluding hydrogens is 427 g/mol. The summed E-state index contributed by atoms with van der Waals surface area (Å²) in [6.07, 6.45) is -0.879. The van der Waals surface area contributed by atoms with Gasteiger partial charge in [-0.15, -0.1) is 13.2 Å². The third-order valence-corrected chi connectivity index (χ3v) is 3.96. The Labute approximate surface area is 174 Å². The van der Waals surface area contributed by atoms with E-state index < -0.39 is 23.9 Å². The van der Waals surface area contributed by atoms with Crippen molar-refractivity contribution in [1.82, 2.24) is 15.3 Å². The first-order chi connectivity index (χ1) is 14.1. The molecule has 0 radical (unpaired) electrons. The molecule has 8 nitrogen and oxygen atoms in total. The van der Waals surface area contributed by atoms with Crippen molar-refractivity contribution >= 4 is 29.0 Å². The normalized spacial score (nSPS) is 11.8. The Morgan fingerprint density at radius 1 is 1.20 bits per heavy atom. The second-order valence-electron chi connectivity index (χ2n) is 5.96. The highest BCUT2D eigenvalue weighted by molar-refractivity contribution is 6.32. The molecule has 0 atom stereocenters. The van der Waals surface area contributed by atoms with Crippen molar-refractivity contribution in [3.05, 3.63) is 58.8 Å². The van der Waals surface area contributed by atoms with Crippen LogP contribution in [-0.4, -0.2) is 34.7 Å². The maximum atomic E-state index is 12.4. The minimum atomic E-state index is -4.87. The molecule has 160 valence electrons. The van der Waals surface area contributed by atoms with E-state index in [9.17, 15) is 22.8 Å². The van der Waals surface area contributed by atoms with Gasteiger partial charge < -0.3 is 21.5 Å². The fourth-order valence-corrected chi connectivity index (χ4v) is 2.48. The van der Waals surface area contributed by atoms with Gasteiger partial charge in [-0.25, -0.2) is 9.97 Å². The quantitative estimate of drug-likeness (QED) is 0.534. The first kappa shape index (κ1) is 22.9. The number of rotatable bonds is 8. The van der Waals surface area contributed by atoms with Crippen molar-refractivity contribution in [2.24, 2.45) is 11.5 Å². The number of amides is 2. The highest BCUT2D eigenvalue weighted by Gasteiger charge is 2.32. The van der Waals surface area contributed by atoms with Crippen molar-refractivity contribution in [1.29, 1.82) is 0 Å². The first-order valence-corrected chi connectivity index (χ1v) is 8.80. The number of ether oxygens (including phenoxy) is 1. The second-order valence-corrected chi connectivity index (χ2v) is 6.36. The molecule has 0 aliphatic heterocycles. The van der Waals surface area contributed by atoms with E-state index in [2.05, 4.69) is 20.0 Å². The van der Waals surface area contributed by atoms with Gasteiger partial charge in [-0.1, -0.05) is 17.7 Å². The van der Waals surface area contributed by atoms with Crippen LogP contribution in [0.5, 0.6) is 5.75 Å². The second kappa shape index (κ2) is 9.92. The van der Waals surface area contributed by atoms with Crippen molar-refractivity contribution < 1.29 is 27.5 Å². The fraction of sp³-hybridized carbons (Fsp3) is 0.222. The molecule has 1 aromatic carbocycles. The van der Waals surface area contributed by atoms with Crippen molar-refractivity contribution in [3.63, 3.8) is 0 Å². The van der Waals surface area contributed by atoms with Crippen LogP contribution in [0.4, 0.5) is 13.2 Å². The molecule has 0 saturated heterocycles. The lowest BCUT2D eigenvalue weighted by atomic mass is 10.1. The molecule has 0 aliphatic carbocycles. The molecule has 0 saturated carbocycles. The highest BCUT2D eigenvalue weighted by Crippen LogP contribution is 2.31. The van der Waals surface area contributed by atoms with E-state index in [0.29, 0.717) is 11.1 Å². The van der Waals surface area contributed by atoms with E-state index in [1.807, 2.05) is 0 Å². The smallest absolute Gasteiger partial charge is 0.404 e. The number of carbonyl (C=O) groups is 2. The maximum Gasteiger partial charge on any atom is 0.573 e. The van der Waals surface area contributed by atoms with Crippen LogP contribution >= 0.6 is 11.6 Å². The molecule has 1 heterocycles. The van der Waals surface area contributed by atoms with E-state index in [4.69, 9.17) is 23.1 Å². The lowest BCUT2D eigenvalue weighted by Crippen LogP contribution is -2.29. The summed E-state index contributed by atoms with van der Waals surface area (Å²) >= 11 is 5.73. The SMILES string of the molecule is N/C=C(/C(=O)NCCC(N)=O)c1ncc(Cc2ccc(Cl)c(OC(F)(F)F)c2)cn1. The lowest BCUT2D eigenvalue weighted by molar-refractivity contribution is -0.274. The number of hydrogen-bond acceptors (Lipinski definition) is 6. The highest BCUT2D eigenvalue weighted by atomic mass is 35.5. The van der Waals surface area contributed by atoms with E-state index in [1.165, 1.54) is 30.6 Å². The summed E-state index contributed by atoms with van der Waals surface area (Å²) < 4.78 is 41.2. The van der Waals surface area contributed by atoms with Gasteiger partial charge in [0.1, 0.15) is 5.75 Å². The summed E-state index contributed by atoms with van der Waals surface area (Å²) in [7, 11) is 0. The Bertz CT molecular complexity index is 949. The van der Waals surface area contributed by atoms with Gasteiger partial charge in [-0.05, 0) is 23.3 Å². The molecule has 0 unspecified atom stereocenters. The number of halogens is 4. The standard InChI is InChI=1S/C18H17ClF3N5O3/c19-13-2-1-10(6-14(13)30-18(20,21)22)5-11-8-26-16(27-9-11)12(7-23)17(29)25-4-3-15(24)28/h1-2,6-9H,3-5,23H2,(H2,24,28)(H,25,29)/b12-7+. The molecule has 30 heavy (non-hydrogen) atoms. The van der Waals surface area contributed by atoms with Crippen LogP contribution in [0.15, 0.2) is 36.8 Å². The largest absolute Gasteiger partial charge is 0.573 e. The summed E-state index contributed by atoms with van der Waals surface area (Å²) in [6.45, 7) is 0.0302. The van der Waals surface area contributed by atoms with Crippen LogP contribution < -0.4 is 21.5 Å². The number of primary amides is 1. The van der Waals surface area contributed by atoms with Crippen LogP contribution in [0.2, 0.25) is 5.02 Å². The summed E-state index contributed by atoms with van der Waals surface area (Å²) in [5.41, 5.74) is 11.5. The number of nitrogens with one attached hydrogen (secondary N) is 1. The monoisotopic (exact) mass is 443 g/mol. The van der Waals surface area contributed by atoms with Crippen molar-refractivity contribution in [3.8, 4) is 5.75 Å². The minimum absolute atomic E-state index is 0.0154. The molecular formula is C18H17ClF3N5O3. The zero-order valence-corrected chi connectivity index (χ0v) is 16.1. The Morgan fingerprint density at radius 3 is 2.43 bits per heavy atom. The molecule has 2 aromatic rings. The number of nitrogens with zero attached hydrogens (tertiary/aromatic N) is 2. The number of nitrogens with two attached hydrogens (primary N) is 2. The van der Waals surface area contributed by atoms with Crippen molar-refractivity contribution in [2.45, 2.75) is 19.2 Å². The zero-order chi connectivity index (χ0) is 22.3. The summed E-state index contributed by atoms with van der Waals surface area (Å²) in [4.78, 5) is 30.9. The van der Waals surface area contributed by atoms with Crippen LogP contribution in [-0.2, 0) is 16.0 Å². The molecule has 2 amide bonds. The van der Waals surface area contributed by atoms with Gasteiger partial charge in [0.15, 0.2) is 5.82 Å². The first-order valence-electron chi connectivity index (χ1n) is 8.43. The molecule has 1 aromatic heterocycles. The number of alkyl halides is 3. The van der Waals surface area contributed by atoms with Crippen LogP contribution in [0.1, 0.15) is 23.4 Å². The Morgan fingerprint density at radius 2 is 1.87 bits per heavy atom. The van der Waals surface area contributed by atoms with Gasteiger partial charge in [0.05, 0.1) is 10.6 Å². The average Bonchev–Trinajstić information content (AvgIpc) is 2.65. The number of carbonyl (C=O) groups excluding carboxylic acids is 2. The fourth-order valence-electron chi connectivity index (χ4n) is 2.33. The molecule has 0 bridgehead atoms. The predicted molar refractivity (Wildman–Crippen MR) is 102 cm³/mol. The van der Waals surface area contributed by atoms with E-state index in [0.717, 1.165) is 6.20 Å². The molecule has 0 spiro atoms. The van der Waals surface area contributed by atoms with E-state index in [1.54, 1.807) is 0 Å².